The Bertz CT molecular complexity index is 564. The molecule has 5 heteroatoms. The van der Waals surface area contributed by atoms with Gasteiger partial charge in [0.05, 0.1) is 0 Å². The number of rotatable bonds is 5. The first-order chi connectivity index (χ1) is 11.1. The Labute approximate surface area is 136 Å². The molecule has 0 bridgehead atoms. The predicted molar refractivity (Wildman–Crippen MR) is 87.5 cm³/mol. The lowest BCUT2D eigenvalue weighted by Gasteiger charge is -2.34. The Hall–Kier alpha value is -2.04. The van der Waals surface area contributed by atoms with Crippen LogP contribution < -0.4 is 5.32 Å². The second kappa shape index (κ2) is 7.02. The quantitative estimate of drug-likeness (QED) is 0.821. The average Bonchev–Trinajstić information content (AvgIpc) is 2.58. The van der Waals surface area contributed by atoms with Crippen LogP contribution in [0.3, 0.4) is 0 Å². The van der Waals surface area contributed by atoms with Crippen LogP contribution in [0.4, 0.5) is 4.79 Å². The maximum absolute atomic E-state index is 11.4. The van der Waals surface area contributed by atoms with Crippen molar-refractivity contribution >= 4 is 12.0 Å². The first-order valence-corrected chi connectivity index (χ1v) is 8.51. The van der Waals surface area contributed by atoms with E-state index in [1.54, 1.807) is 0 Å². The van der Waals surface area contributed by atoms with Crippen LogP contribution in [0.1, 0.15) is 49.1 Å². The van der Waals surface area contributed by atoms with Gasteiger partial charge in [0.15, 0.2) is 0 Å². The Balaban J connectivity index is 1.57. The number of carboxylic acid groups (broad SMARTS) is 1. The monoisotopic (exact) mass is 316 g/mol. The van der Waals surface area contributed by atoms with E-state index in [9.17, 15) is 14.7 Å². The van der Waals surface area contributed by atoms with E-state index in [4.69, 9.17) is 0 Å². The summed E-state index contributed by atoms with van der Waals surface area (Å²) in [5.74, 6) is 0.493. The number of carbonyl (C=O) groups excluding carboxylic acids is 1. The summed E-state index contributed by atoms with van der Waals surface area (Å²) in [7, 11) is 0. The molecule has 1 saturated carbocycles. The van der Waals surface area contributed by atoms with Crippen LogP contribution in [-0.4, -0.2) is 41.1 Å². The van der Waals surface area contributed by atoms with Crippen molar-refractivity contribution in [3.05, 3.63) is 35.4 Å². The molecule has 3 rings (SSSR count). The van der Waals surface area contributed by atoms with Crippen LogP contribution in [0.15, 0.2) is 24.3 Å². The molecule has 1 heterocycles. The molecule has 1 saturated heterocycles. The highest BCUT2D eigenvalue weighted by Crippen LogP contribution is 2.32. The molecule has 124 valence electrons. The van der Waals surface area contributed by atoms with E-state index in [1.807, 2.05) is 0 Å². The maximum Gasteiger partial charge on any atom is 0.408 e. The van der Waals surface area contributed by atoms with Gasteiger partial charge in [-0.05, 0) is 36.3 Å². The van der Waals surface area contributed by atoms with Gasteiger partial charge in [0.2, 0.25) is 5.91 Å². The summed E-state index contributed by atoms with van der Waals surface area (Å²) in [6, 6.07) is 8.06. The van der Waals surface area contributed by atoms with E-state index >= 15 is 0 Å². The van der Waals surface area contributed by atoms with Gasteiger partial charge in [-0.1, -0.05) is 43.5 Å². The number of nitrogens with zero attached hydrogens (tertiary/aromatic N) is 1. The maximum atomic E-state index is 11.4. The molecule has 2 aliphatic rings. The molecular formula is C18H24N2O3. The smallest absolute Gasteiger partial charge is 0.408 e. The summed E-state index contributed by atoms with van der Waals surface area (Å²) in [5.41, 5.74) is 2.53. The summed E-state index contributed by atoms with van der Waals surface area (Å²) in [4.78, 5) is 23.9. The number of nitrogens with one attached hydrogen (secondary N) is 1. The van der Waals surface area contributed by atoms with Crippen molar-refractivity contribution in [2.45, 2.75) is 50.5 Å². The number of β-lactam (4-membered cyclic amide) rings is 1. The highest BCUT2D eigenvalue weighted by Gasteiger charge is 2.36. The molecule has 0 spiro atoms. The molecule has 1 atom stereocenters. The Morgan fingerprint density at radius 1 is 1.17 bits per heavy atom. The van der Waals surface area contributed by atoms with Crippen molar-refractivity contribution < 1.29 is 14.7 Å². The second-order valence-electron chi connectivity index (χ2n) is 6.56. The van der Waals surface area contributed by atoms with E-state index < -0.39 is 12.1 Å². The molecule has 5 nitrogen and oxygen atoms in total. The van der Waals surface area contributed by atoms with Crippen LogP contribution in [0.2, 0.25) is 0 Å². The molecule has 1 aromatic carbocycles. The van der Waals surface area contributed by atoms with Crippen LogP contribution >= 0.6 is 0 Å². The van der Waals surface area contributed by atoms with E-state index in [2.05, 4.69) is 29.6 Å². The van der Waals surface area contributed by atoms with Crippen molar-refractivity contribution in [3.8, 4) is 0 Å². The van der Waals surface area contributed by atoms with E-state index in [1.165, 1.54) is 42.6 Å². The first-order valence-electron chi connectivity index (χ1n) is 8.51. The molecule has 2 amide bonds. The third-order valence-electron chi connectivity index (χ3n) is 5.09. The van der Waals surface area contributed by atoms with Gasteiger partial charge in [-0.25, -0.2) is 4.79 Å². The zero-order chi connectivity index (χ0) is 16.2. The lowest BCUT2D eigenvalue weighted by molar-refractivity contribution is -0.132. The molecule has 0 unspecified atom stereocenters. The number of carbonyl (C=O) groups is 2. The van der Waals surface area contributed by atoms with Crippen LogP contribution in [0, 0.1) is 0 Å². The van der Waals surface area contributed by atoms with Gasteiger partial charge in [0.1, 0.15) is 6.04 Å². The molecule has 2 fully saturated rings. The van der Waals surface area contributed by atoms with E-state index in [0.717, 1.165) is 5.56 Å². The SMILES string of the molecule is O=C1NC[C@@H]1N(CCc1ccc(C2CCCCC2)cc1)C(=O)O. The van der Waals surface area contributed by atoms with Gasteiger partial charge >= 0.3 is 6.09 Å². The lowest BCUT2D eigenvalue weighted by atomic mass is 9.84. The fourth-order valence-corrected chi connectivity index (χ4v) is 3.56. The minimum Gasteiger partial charge on any atom is -0.465 e. The number of hydrogen-bond donors (Lipinski definition) is 2. The fraction of sp³-hybridized carbons (Fsp3) is 0.556. The summed E-state index contributed by atoms with van der Waals surface area (Å²) in [6.07, 6.45) is 6.18. The molecular weight excluding hydrogens is 292 g/mol. The summed E-state index contributed by atoms with van der Waals surface area (Å²) in [5, 5.41) is 11.9. The molecule has 1 aliphatic heterocycles. The van der Waals surface area contributed by atoms with Gasteiger partial charge < -0.3 is 10.4 Å². The topological polar surface area (TPSA) is 69.6 Å². The third kappa shape index (κ3) is 3.66. The van der Waals surface area contributed by atoms with Gasteiger partial charge in [-0.15, -0.1) is 0 Å². The lowest BCUT2D eigenvalue weighted by Crippen LogP contribution is -2.63. The normalized spacial score (nSPS) is 21.4. The van der Waals surface area contributed by atoms with E-state index in [-0.39, 0.29) is 5.91 Å². The third-order valence-corrected chi connectivity index (χ3v) is 5.09. The van der Waals surface area contributed by atoms with Crippen molar-refractivity contribution in [3.63, 3.8) is 0 Å². The van der Waals surface area contributed by atoms with Crippen LogP contribution in [0.5, 0.6) is 0 Å². The van der Waals surface area contributed by atoms with Gasteiger partial charge in [0, 0.05) is 13.1 Å². The largest absolute Gasteiger partial charge is 0.465 e. The standard InChI is InChI=1S/C18H24N2O3/c21-17-16(12-19-17)20(18(22)23)11-10-13-6-8-15(9-7-13)14-4-2-1-3-5-14/h6-9,14,16H,1-5,10-12H2,(H,19,21)(H,22,23)/t16-/m0/s1. The van der Waals surface area contributed by atoms with Crippen LogP contribution in [-0.2, 0) is 11.2 Å². The molecule has 0 aromatic heterocycles. The zero-order valence-electron chi connectivity index (χ0n) is 13.3. The highest BCUT2D eigenvalue weighted by molar-refractivity contribution is 5.90. The Morgan fingerprint density at radius 3 is 2.39 bits per heavy atom. The van der Waals surface area contributed by atoms with E-state index in [0.29, 0.717) is 25.4 Å². The Morgan fingerprint density at radius 2 is 1.87 bits per heavy atom. The predicted octanol–water partition coefficient (Wildman–Crippen LogP) is 2.76. The zero-order valence-corrected chi connectivity index (χ0v) is 13.3. The van der Waals surface area contributed by atoms with Gasteiger partial charge in [-0.3, -0.25) is 9.69 Å². The van der Waals surface area contributed by atoms with Crippen molar-refractivity contribution in [1.82, 2.24) is 10.2 Å². The fourth-order valence-electron chi connectivity index (χ4n) is 3.56. The first kappa shape index (κ1) is 15.8. The van der Waals surface area contributed by atoms with Crippen LogP contribution in [0.25, 0.3) is 0 Å². The minimum atomic E-state index is -1.02. The number of amides is 2. The molecule has 1 aromatic rings. The molecule has 23 heavy (non-hydrogen) atoms. The molecule has 2 N–H and O–H groups in total. The summed E-state index contributed by atoms with van der Waals surface area (Å²) < 4.78 is 0. The molecule has 1 aliphatic carbocycles. The van der Waals surface area contributed by atoms with Crippen molar-refractivity contribution in [2.75, 3.05) is 13.1 Å². The van der Waals surface area contributed by atoms with Crippen molar-refractivity contribution in [2.24, 2.45) is 0 Å². The Kier molecular flexibility index (Phi) is 4.84. The summed E-state index contributed by atoms with van der Waals surface area (Å²) in [6.45, 7) is 0.780. The minimum absolute atomic E-state index is 0.194. The summed E-state index contributed by atoms with van der Waals surface area (Å²) >= 11 is 0. The number of hydrogen-bond acceptors (Lipinski definition) is 2. The highest BCUT2D eigenvalue weighted by atomic mass is 16.4. The molecule has 0 radical (unpaired) electrons. The number of benzene rings is 1. The van der Waals surface area contributed by atoms with Gasteiger partial charge in [-0.2, -0.15) is 0 Å². The average molecular weight is 316 g/mol. The second-order valence-corrected chi connectivity index (χ2v) is 6.56. The van der Waals surface area contributed by atoms with Crippen molar-refractivity contribution in [1.29, 1.82) is 0 Å². The van der Waals surface area contributed by atoms with Gasteiger partial charge in [0.25, 0.3) is 0 Å².